The summed E-state index contributed by atoms with van der Waals surface area (Å²) in [6.07, 6.45) is -16.8. The fourth-order valence-corrected chi connectivity index (χ4v) is 9.81. The number of ether oxygens (including phenoxy) is 3. The van der Waals surface area contributed by atoms with Gasteiger partial charge in [0, 0.05) is 18.3 Å². The van der Waals surface area contributed by atoms with Gasteiger partial charge in [-0.3, -0.25) is 0 Å². The van der Waals surface area contributed by atoms with Gasteiger partial charge < -0.3 is 91.4 Å². The molecule has 3 heterocycles. The van der Waals surface area contributed by atoms with E-state index in [1.54, 1.807) is 41.9 Å². The van der Waals surface area contributed by atoms with Crippen molar-refractivity contribution in [3.63, 3.8) is 0 Å². The topological polar surface area (TPSA) is 307 Å². The zero-order chi connectivity index (χ0) is 41.7. The van der Waals surface area contributed by atoms with Crippen LogP contribution in [0.25, 0.3) is 0 Å². The molecular formula is C37H73N3O15. The third kappa shape index (κ3) is 10.7. The lowest BCUT2D eigenvalue weighted by Gasteiger charge is -2.54. The molecule has 3 saturated heterocycles. The summed E-state index contributed by atoms with van der Waals surface area (Å²) in [4.78, 5) is 0. The minimum Gasteiger partial charge on any atom is -0.394 e. The van der Waals surface area contributed by atoms with Gasteiger partial charge in [-0.25, -0.2) is 0 Å². The van der Waals surface area contributed by atoms with Crippen LogP contribution in [0.15, 0.2) is 0 Å². The third-order valence-corrected chi connectivity index (χ3v) is 12.9. The van der Waals surface area contributed by atoms with Gasteiger partial charge in [-0.1, -0.05) is 13.8 Å². The number of likely N-dealkylation sites (N-methyl/N-ethyl adjacent to an activating group) is 3. The van der Waals surface area contributed by atoms with Crippen LogP contribution in [0, 0.1) is 29.6 Å². The molecule has 0 aromatic rings. The molecule has 0 amide bonds. The van der Waals surface area contributed by atoms with Crippen LogP contribution < -0.4 is 16.0 Å². The number of nitrogens with one attached hydrogen (secondary N) is 3. The van der Waals surface area contributed by atoms with Gasteiger partial charge in [-0.05, 0) is 72.5 Å². The molecule has 15 N–H and O–H groups in total. The summed E-state index contributed by atoms with van der Waals surface area (Å²) in [5, 5.41) is 137. The Morgan fingerprint density at radius 3 is 1.53 bits per heavy atom. The van der Waals surface area contributed by atoms with Gasteiger partial charge in [-0.2, -0.15) is 0 Å². The van der Waals surface area contributed by atoms with Crippen LogP contribution >= 0.6 is 0 Å². The third-order valence-electron chi connectivity index (χ3n) is 12.9. The van der Waals surface area contributed by atoms with Gasteiger partial charge in [0.1, 0.15) is 54.9 Å². The fourth-order valence-electron chi connectivity index (χ4n) is 9.81. The summed E-state index contributed by atoms with van der Waals surface area (Å²) in [6, 6.07) is -2.56. The molecule has 3 fully saturated rings. The molecule has 0 aromatic heterocycles. The molecule has 0 spiro atoms. The highest BCUT2D eigenvalue weighted by Gasteiger charge is 2.56. The van der Waals surface area contributed by atoms with E-state index in [4.69, 9.17) is 14.2 Å². The Morgan fingerprint density at radius 1 is 0.655 bits per heavy atom. The summed E-state index contributed by atoms with van der Waals surface area (Å²) in [6.45, 7) is 7.08. The van der Waals surface area contributed by atoms with Gasteiger partial charge in [0.25, 0.3) is 0 Å². The maximum Gasteiger partial charge on any atom is 0.110 e. The molecule has 3 aliphatic rings. The highest BCUT2D eigenvalue weighted by Crippen LogP contribution is 2.48. The van der Waals surface area contributed by atoms with Crippen LogP contribution in [-0.2, 0) is 14.2 Å². The average Bonchev–Trinajstić information content (AvgIpc) is 3.14. The van der Waals surface area contributed by atoms with E-state index in [0.29, 0.717) is 6.42 Å². The normalized spacial score (nSPS) is 41.9. The predicted octanol–water partition coefficient (Wildman–Crippen LogP) is -5.00. The highest BCUT2D eigenvalue weighted by molar-refractivity contribution is 5.07. The number of hydrogen-bond acceptors (Lipinski definition) is 18. The van der Waals surface area contributed by atoms with Crippen molar-refractivity contribution in [1.29, 1.82) is 0 Å². The smallest absolute Gasteiger partial charge is 0.110 e. The summed E-state index contributed by atoms with van der Waals surface area (Å²) in [7, 11) is 4.76. The Labute approximate surface area is 324 Å². The maximum atomic E-state index is 12.3. The molecule has 0 aromatic carbocycles. The number of aliphatic hydroxyl groups is 12. The number of aliphatic hydroxyl groups excluding tert-OH is 12. The zero-order valence-electron chi connectivity index (χ0n) is 33.5. The molecule has 0 radical (unpaired) electrons. The standard InChI is InChI=1S/C37H73N3O15/c1-15(2)18(9-19-16(3)53-34(27(39-7)29(19)48)30(49)22(45)12-41)20(25-17(4)54-35(28(40-8)33(25)52)31(50)23(46)13-42)10-37(5)11-21(44)26(38-6)36(55-37)32(51)24(47)14-43/h15-36,38-52H,9-14H2,1-8H3. The first kappa shape index (κ1) is 48.6. The molecule has 18 nitrogen and oxygen atoms in total. The minimum atomic E-state index is -1.58. The van der Waals surface area contributed by atoms with Crippen molar-refractivity contribution in [3.05, 3.63) is 0 Å². The lowest BCUT2D eigenvalue weighted by Crippen LogP contribution is -2.67. The largest absolute Gasteiger partial charge is 0.394 e. The molecular weight excluding hydrogens is 726 g/mol. The van der Waals surface area contributed by atoms with Crippen molar-refractivity contribution in [2.75, 3.05) is 41.0 Å². The first-order valence-corrected chi connectivity index (χ1v) is 19.7. The highest BCUT2D eigenvalue weighted by atomic mass is 16.5. The summed E-state index contributed by atoms with van der Waals surface area (Å²) >= 11 is 0. The first-order chi connectivity index (χ1) is 25.8. The van der Waals surface area contributed by atoms with Crippen molar-refractivity contribution in [2.24, 2.45) is 29.6 Å². The quantitative estimate of drug-likeness (QED) is 0.0582. The molecule has 326 valence electrons. The second-order valence-corrected chi connectivity index (χ2v) is 16.8. The van der Waals surface area contributed by atoms with E-state index in [9.17, 15) is 61.3 Å². The van der Waals surface area contributed by atoms with Crippen molar-refractivity contribution in [2.45, 2.75) is 163 Å². The second-order valence-electron chi connectivity index (χ2n) is 16.8. The molecule has 3 rings (SSSR count). The lowest BCUT2D eigenvalue weighted by atomic mass is 9.61. The number of hydrogen-bond donors (Lipinski definition) is 15. The SMILES string of the molecule is CNC1C(O)CC(C)(CC(C(CC2C(C)OC(C(O)C(O)CO)C(NC)C2O)C(C)C)C2C(C)OC(C(O)C(O)CO)C(NC)C2O)OC1C(O)C(O)CO. The van der Waals surface area contributed by atoms with E-state index in [0.717, 1.165) is 0 Å². The molecule has 0 aliphatic carbocycles. The minimum absolute atomic E-state index is 0.0793. The van der Waals surface area contributed by atoms with Crippen LogP contribution in [0.5, 0.6) is 0 Å². The molecule has 0 bridgehead atoms. The van der Waals surface area contributed by atoms with E-state index < -0.39 is 147 Å². The molecule has 3 aliphatic heterocycles. The van der Waals surface area contributed by atoms with Crippen molar-refractivity contribution in [3.8, 4) is 0 Å². The van der Waals surface area contributed by atoms with Crippen molar-refractivity contribution >= 4 is 0 Å². The average molecular weight is 800 g/mol. The summed E-state index contributed by atoms with van der Waals surface area (Å²) in [5.41, 5.74) is -1.19. The van der Waals surface area contributed by atoms with E-state index in [1.165, 1.54) is 0 Å². The lowest BCUT2D eigenvalue weighted by molar-refractivity contribution is -0.239. The maximum absolute atomic E-state index is 12.3. The summed E-state index contributed by atoms with van der Waals surface area (Å²) < 4.78 is 19.3. The van der Waals surface area contributed by atoms with E-state index in [-0.39, 0.29) is 24.7 Å². The van der Waals surface area contributed by atoms with Crippen molar-refractivity contribution in [1.82, 2.24) is 16.0 Å². The molecule has 22 unspecified atom stereocenters. The Morgan fingerprint density at radius 2 is 1.09 bits per heavy atom. The van der Waals surface area contributed by atoms with Crippen LogP contribution in [-0.4, -0.2) is 211 Å². The fraction of sp³-hybridized carbons (Fsp3) is 1.00. The van der Waals surface area contributed by atoms with Gasteiger partial charge in [0.15, 0.2) is 0 Å². The number of rotatable bonds is 19. The van der Waals surface area contributed by atoms with Gasteiger partial charge in [0.05, 0.1) is 74.1 Å². The summed E-state index contributed by atoms with van der Waals surface area (Å²) in [5.74, 6) is -2.24. The molecule has 0 saturated carbocycles. The van der Waals surface area contributed by atoms with Gasteiger partial charge >= 0.3 is 0 Å². The molecule has 22 atom stereocenters. The van der Waals surface area contributed by atoms with E-state index >= 15 is 0 Å². The Kier molecular flexibility index (Phi) is 18.6. The zero-order valence-corrected chi connectivity index (χ0v) is 33.5. The Balaban J connectivity index is 2.13. The molecule has 18 heteroatoms. The first-order valence-electron chi connectivity index (χ1n) is 19.7. The van der Waals surface area contributed by atoms with E-state index in [1.807, 2.05) is 13.8 Å². The van der Waals surface area contributed by atoms with Crippen LogP contribution in [0.1, 0.15) is 53.9 Å². The predicted molar refractivity (Wildman–Crippen MR) is 198 cm³/mol. The van der Waals surface area contributed by atoms with Crippen LogP contribution in [0.2, 0.25) is 0 Å². The van der Waals surface area contributed by atoms with Crippen LogP contribution in [0.4, 0.5) is 0 Å². The van der Waals surface area contributed by atoms with Gasteiger partial charge in [-0.15, -0.1) is 0 Å². The van der Waals surface area contributed by atoms with Crippen molar-refractivity contribution < 1.29 is 75.5 Å². The van der Waals surface area contributed by atoms with Crippen LogP contribution in [0.3, 0.4) is 0 Å². The molecule has 55 heavy (non-hydrogen) atoms. The monoisotopic (exact) mass is 800 g/mol. The second kappa shape index (κ2) is 21.0. The Bertz CT molecular complexity index is 1130. The van der Waals surface area contributed by atoms with E-state index in [2.05, 4.69) is 16.0 Å². The Hall–Kier alpha value is -0.720. The van der Waals surface area contributed by atoms with Gasteiger partial charge in [0.2, 0.25) is 0 Å².